The highest BCUT2D eigenvalue weighted by atomic mass is 35.5. The average molecular weight is 262 g/mol. The van der Waals surface area contributed by atoms with E-state index in [-0.39, 0.29) is 5.56 Å². The third-order valence-corrected chi connectivity index (χ3v) is 3.83. The maximum Gasteiger partial charge on any atom is 0.265 e. The Bertz CT molecular complexity index is 727. The number of rotatable bonds is 1. The van der Waals surface area contributed by atoms with E-state index in [0.29, 0.717) is 5.02 Å². The molecule has 2 heterocycles. The Morgan fingerprint density at radius 3 is 2.65 bits per heavy atom. The molecule has 3 aromatic rings. The lowest BCUT2D eigenvalue weighted by molar-refractivity contribution is 1.29. The second-order valence-corrected chi connectivity index (χ2v) is 5.05. The van der Waals surface area contributed by atoms with Crippen LogP contribution in [0.4, 0.5) is 0 Å². The molecule has 0 bridgehead atoms. The van der Waals surface area contributed by atoms with Gasteiger partial charge in [-0.15, -0.1) is 11.3 Å². The Balaban J connectivity index is 2.31. The van der Waals surface area contributed by atoms with E-state index >= 15 is 0 Å². The van der Waals surface area contributed by atoms with Crippen LogP contribution in [0.3, 0.4) is 0 Å². The van der Waals surface area contributed by atoms with E-state index in [2.05, 4.69) is 4.98 Å². The summed E-state index contributed by atoms with van der Waals surface area (Å²) >= 11 is 7.32. The van der Waals surface area contributed by atoms with Crippen LogP contribution in [-0.2, 0) is 0 Å². The van der Waals surface area contributed by atoms with E-state index in [9.17, 15) is 4.79 Å². The van der Waals surface area contributed by atoms with Gasteiger partial charge in [-0.3, -0.25) is 4.79 Å². The number of nitrogens with one attached hydrogen (secondary N) is 1. The van der Waals surface area contributed by atoms with Crippen molar-refractivity contribution in [2.75, 3.05) is 0 Å². The van der Waals surface area contributed by atoms with E-state index in [1.54, 1.807) is 6.20 Å². The van der Waals surface area contributed by atoms with Crippen molar-refractivity contribution in [1.29, 1.82) is 0 Å². The number of aromatic amines is 1. The Morgan fingerprint density at radius 1 is 1.12 bits per heavy atom. The normalized spacial score (nSPS) is 10.9. The van der Waals surface area contributed by atoms with Gasteiger partial charge in [-0.05, 0) is 29.1 Å². The van der Waals surface area contributed by atoms with Crippen molar-refractivity contribution < 1.29 is 0 Å². The van der Waals surface area contributed by atoms with Gasteiger partial charge in [0.1, 0.15) is 4.70 Å². The van der Waals surface area contributed by atoms with Crippen LogP contribution in [-0.4, -0.2) is 4.98 Å². The van der Waals surface area contributed by atoms with Gasteiger partial charge in [0.15, 0.2) is 0 Å². The molecule has 84 valence electrons. The van der Waals surface area contributed by atoms with Crippen molar-refractivity contribution in [2.45, 2.75) is 0 Å². The summed E-state index contributed by atoms with van der Waals surface area (Å²) < 4.78 is 0.762. The molecule has 0 saturated carbocycles. The van der Waals surface area contributed by atoms with Gasteiger partial charge in [0, 0.05) is 22.2 Å². The molecule has 0 fully saturated rings. The maximum absolute atomic E-state index is 11.6. The van der Waals surface area contributed by atoms with Gasteiger partial charge in [0.2, 0.25) is 0 Å². The predicted octanol–water partition coefficient (Wildman–Crippen LogP) is 3.91. The number of fused-ring (bicyclic) bond motifs is 1. The van der Waals surface area contributed by atoms with Crippen LogP contribution in [0.5, 0.6) is 0 Å². The highest BCUT2D eigenvalue weighted by molar-refractivity contribution is 7.17. The number of halogens is 1. The zero-order valence-electron chi connectivity index (χ0n) is 8.74. The van der Waals surface area contributed by atoms with Crippen LogP contribution >= 0.6 is 22.9 Å². The molecule has 0 radical (unpaired) electrons. The molecule has 0 aliphatic heterocycles. The molecule has 0 atom stereocenters. The first-order chi connectivity index (χ1) is 8.25. The second kappa shape index (κ2) is 4.02. The van der Waals surface area contributed by atoms with Crippen molar-refractivity contribution in [1.82, 2.24) is 4.98 Å². The quantitative estimate of drug-likeness (QED) is 0.708. The monoisotopic (exact) mass is 261 g/mol. The van der Waals surface area contributed by atoms with E-state index in [1.807, 2.05) is 35.7 Å². The highest BCUT2D eigenvalue weighted by Gasteiger charge is 2.07. The largest absolute Gasteiger partial charge is 0.327 e. The Hall–Kier alpha value is -1.58. The van der Waals surface area contributed by atoms with Crippen molar-refractivity contribution in [3.05, 3.63) is 57.3 Å². The van der Waals surface area contributed by atoms with Crippen LogP contribution in [0.2, 0.25) is 5.02 Å². The zero-order valence-corrected chi connectivity index (χ0v) is 10.3. The minimum atomic E-state index is -0.0345. The Labute approximate surface area is 106 Å². The molecule has 1 N–H and O–H groups in total. The lowest BCUT2D eigenvalue weighted by Crippen LogP contribution is -2.03. The highest BCUT2D eigenvalue weighted by Crippen LogP contribution is 2.29. The van der Waals surface area contributed by atoms with E-state index in [4.69, 9.17) is 11.6 Å². The average Bonchev–Trinajstić information content (AvgIpc) is 2.81. The summed E-state index contributed by atoms with van der Waals surface area (Å²) in [6.45, 7) is 0. The van der Waals surface area contributed by atoms with Gasteiger partial charge < -0.3 is 4.98 Å². The summed E-state index contributed by atoms with van der Waals surface area (Å²) in [7, 11) is 0. The standard InChI is InChI=1S/C13H8ClNOS/c14-9-3-1-8(2-4-9)11-7-15-13(16)12-10(11)5-6-17-12/h1-7H,(H,15,16). The summed E-state index contributed by atoms with van der Waals surface area (Å²) in [4.78, 5) is 14.4. The Morgan fingerprint density at radius 2 is 1.88 bits per heavy atom. The lowest BCUT2D eigenvalue weighted by Gasteiger charge is -2.03. The minimum absolute atomic E-state index is 0.0345. The summed E-state index contributed by atoms with van der Waals surface area (Å²) in [5.74, 6) is 0. The first-order valence-electron chi connectivity index (χ1n) is 5.10. The van der Waals surface area contributed by atoms with Crippen LogP contribution in [0, 0.1) is 0 Å². The zero-order chi connectivity index (χ0) is 11.8. The molecule has 17 heavy (non-hydrogen) atoms. The molecule has 0 amide bonds. The molecule has 4 heteroatoms. The predicted molar refractivity (Wildman–Crippen MR) is 72.9 cm³/mol. The first kappa shape index (κ1) is 10.6. The second-order valence-electron chi connectivity index (χ2n) is 3.70. The SMILES string of the molecule is O=c1[nH]cc(-c2ccc(Cl)cc2)c2ccsc12. The summed E-state index contributed by atoms with van der Waals surface area (Å²) in [6, 6.07) is 9.57. The van der Waals surface area contributed by atoms with Crippen molar-refractivity contribution in [3.63, 3.8) is 0 Å². The molecule has 0 aliphatic rings. The van der Waals surface area contributed by atoms with E-state index < -0.39 is 0 Å². The summed E-state index contributed by atoms with van der Waals surface area (Å²) in [5, 5.41) is 3.63. The summed E-state index contributed by atoms with van der Waals surface area (Å²) in [5.41, 5.74) is 2.04. The van der Waals surface area contributed by atoms with Gasteiger partial charge in [-0.25, -0.2) is 0 Å². The molecule has 3 rings (SSSR count). The number of thiophene rings is 1. The van der Waals surface area contributed by atoms with E-state index in [1.165, 1.54) is 11.3 Å². The lowest BCUT2D eigenvalue weighted by atomic mass is 10.0. The summed E-state index contributed by atoms with van der Waals surface area (Å²) in [6.07, 6.45) is 1.75. The fourth-order valence-electron chi connectivity index (χ4n) is 1.85. The third-order valence-electron chi connectivity index (χ3n) is 2.66. The van der Waals surface area contributed by atoms with Crippen LogP contribution in [0.15, 0.2) is 46.7 Å². The molecule has 0 aliphatic carbocycles. The molecule has 1 aromatic carbocycles. The number of aromatic nitrogens is 1. The maximum atomic E-state index is 11.6. The number of hydrogen-bond acceptors (Lipinski definition) is 2. The van der Waals surface area contributed by atoms with Crippen LogP contribution in [0.1, 0.15) is 0 Å². The fourth-order valence-corrected chi connectivity index (χ4v) is 2.78. The van der Waals surface area contributed by atoms with Crippen molar-refractivity contribution >= 4 is 33.0 Å². The molecule has 0 unspecified atom stereocenters. The molecular weight excluding hydrogens is 254 g/mol. The number of hydrogen-bond donors (Lipinski definition) is 1. The third kappa shape index (κ3) is 1.77. The Kier molecular flexibility index (Phi) is 2.50. The van der Waals surface area contributed by atoms with Crippen molar-refractivity contribution in [2.24, 2.45) is 0 Å². The fraction of sp³-hybridized carbons (Fsp3) is 0. The first-order valence-corrected chi connectivity index (χ1v) is 6.36. The molecule has 0 saturated heterocycles. The minimum Gasteiger partial charge on any atom is -0.327 e. The molecule has 2 nitrogen and oxygen atoms in total. The van der Waals surface area contributed by atoms with Crippen molar-refractivity contribution in [3.8, 4) is 11.1 Å². The van der Waals surface area contributed by atoms with Gasteiger partial charge in [-0.1, -0.05) is 23.7 Å². The number of pyridine rings is 1. The molecular formula is C13H8ClNOS. The van der Waals surface area contributed by atoms with E-state index in [0.717, 1.165) is 21.2 Å². The number of benzene rings is 1. The van der Waals surface area contributed by atoms with Gasteiger partial charge in [-0.2, -0.15) is 0 Å². The molecule has 0 spiro atoms. The van der Waals surface area contributed by atoms with Gasteiger partial charge in [0.25, 0.3) is 5.56 Å². The smallest absolute Gasteiger partial charge is 0.265 e. The van der Waals surface area contributed by atoms with Crippen LogP contribution < -0.4 is 5.56 Å². The van der Waals surface area contributed by atoms with Gasteiger partial charge in [0.05, 0.1) is 0 Å². The molecule has 2 aromatic heterocycles. The van der Waals surface area contributed by atoms with Crippen LogP contribution in [0.25, 0.3) is 21.2 Å². The number of H-pyrrole nitrogens is 1. The topological polar surface area (TPSA) is 32.9 Å². The van der Waals surface area contributed by atoms with Gasteiger partial charge >= 0.3 is 0 Å².